The van der Waals surface area contributed by atoms with Gasteiger partial charge in [-0.05, 0) is 47.2 Å². The monoisotopic (exact) mass is 504 g/mol. The maximum absolute atomic E-state index is 14.3. The molecule has 0 fully saturated rings. The third kappa shape index (κ3) is 3.71. The minimum atomic E-state index is -0.558. The van der Waals surface area contributed by atoms with Crippen molar-refractivity contribution in [3.05, 3.63) is 59.6 Å². The van der Waals surface area contributed by atoms with Gasteiger partial charge in [-0.25, -0.2) is 9.37 Å². The predicted octanol–water partition coefficient (Wildman–Crippen LogP) is 2.62. The van der Waals surface area contributed by atoms with E-state index in [1.165, 1.54) is 34.6 Å². The molecule has 27 heavy (non-hydrogen) atoms. The molecule has 0 aliphatic heterocycles. The van der Waals surface area contributed by atoms with Gasteiger partial charge in [0.15, 0.2) is 5.65 Å². The minimum absolute atomic E-state index is 0.00530. The maximum Gasteiger partial charge on any atom is 0.272 e. The van der Waals surface area contributed by atoms with Crippen LogP contribution in [-0.2, 0) is 13.6 Å². The lowest BCUT2D eigenvalue weighted by molar-refractivity contribution is 0.279. The molecule has 3 aromatic rings. The van der Waals surface area contributed by atoms with Crippen molar-refractivity contribution in [2.24, 2.45) is 7.05 Å². The van der Waals surface area contributed by atoms with E-state index in [2.05, 4.69) is 10.3 Å². The van der Waals surface area contributed by atoms with Crippen molar-refractivity contribution in [2.75, 3.05) is 11.9 Å². The molecule has 10 heteroatoms. The van der Waals surface area contributed by atoms with Gasteiger partial charge in [0.1, 0.15) is 16.2 Å². The van der Waals surface area contributed by atoms with E-state index in [0.29, 0.717) is 9.99 Å². The third-order valence-corrected chi connectivity index (χ3v) is 5.07. The van der Waals surface area contributed by atoms with Gasteiger partial charge < -0.3 is 10.4 Å². The van der Waals surface area contributed by atoms with Crippen molar-refractivity contribution < 1.29 is 9.50 Å². The molecule has 0 radical (unpaired) electrons. The summed E-state index contributed by atoms with van der Waals surface area (Å²) in [5, 5.41) is 11.6. The molecule has 0 aliphatic carbocycles. The number of anilines is 2. The first-order valence-electron chi connectivity index (χ1n) is 7.95. The van der Waals surface area contributed by atoms with Crippen LogP contribution in [0.3, 0.4) is 0 Å². The molecule has 0 amide bonds. The molecule has 0 atom stereocenters. The summed E-state index contributed by atoms with van der Waals surface area (Å²) in [6.45, 7) is 0.160. The molecule has 7 nitrogen and oxygen atoms in total. The molecule has 0 saturated heterocycles. The zero-order valence-electron chi connectivity index (χ0n) is 14.2. The van der Waals surface area contributed by atoms with Crippen LogP contribution in [0.15, 0.2) is 34.1 Å². The fraction of sp³-hybridized carbons (Fsp3) is 0.235. The number of fused-ring (bicyclic) bond motifs is 1. The maximum atomic E-state index is 14.3. The number of aliphatic hydroxyl groups excluding tert-OH is 1. The summed E-state index contributed by atoms with van der Waals surface area (Å²) >= 11 is 8.18. The summed E-state index contributed by atoms with van der Waals surface area (Å²) in [6, 6.07) is 4.50. The lowest BCUT2D eigenvalue weighted by Crippen LogP contribution is -2.27. The Morgan fingerprint density at radius 1 is 1.33 bits per heavy atom. The van der Waals surface area contributed by atoms with Gasteiger partial charge in [0, 0.05) is 23.8 Å². The summed E-state index contributed by atoms with van der Waals surface area (Å²) < 4.78 is 17.5. The number of rotatable bonds is 5. The molecule has 2 aromatic heterocycles. The Morgan fingerprint density at radius 2 is 2.07 bits per heavy atom. The SMILES string of the molecule is Cn1c(=O)c(Cl)c(Nc2ccc(I)cc2F)c2c(=O)n(CCCO)cnc21. The van der Waals surface area contributed by atoms with Crippen molar-refractivity contribution in [2.45, 2.75) is 13.0 Å². The van der Waals surface area contributed by atoms with Gasteiger partial charge in [-0.2, -0.15) is 0 Å². The number of pyridine rings is 1. The Kier molecular flexibility index (Phi) is 5.82. The normalized spacial score (nSPS) is 11.1. The molecule has 0 aliphatic rings. The van der Waals surface area contributed by atoms with E-state index in [1.807, 2.05) is 22.6 Å². The molecule has 3 rings (SSSR count). The van der Waals surface area contributed by atoms with Crippen LogP contribution in [0.1, 0.15) is 6.42 Å². The smallest absolute Gasteiger partial charge is 0.272 e. The molecular formula is C17H15ClFIN4O3. The van der Waals surface area contributed by atoms with Crippen LogP contribution in [0.25, 0.3) is 11.0 Å². The first-order valence-corrected chi connectivity index (χ1v) is 9.41. The second-order valence-electron chi connectivity index (χ2n) is 5.82. The molecule has 0 spiro atoms. The zero-order valence-corrected chi connectivity index (χ0v) is 17.1. The Morgan fingerprint density at radius 3 is 2.74 bits per heavy atom. The Bertz CT molecular complexity index is 1150. The highest BCUT2D eigenvalue weighted by molar-refractivity contribution is 14.1. The van der Waals surface area contributed by atoms with Crippen LogP contribution in [0, 0.1) is 9.39 Å². The molecule has 2 heterocycles. The van der Waals surface area contributed by atoms with Gasteiger partial charge >= 0.3 is 0 Å². The first-order chi connectivity index (χ1) is 12.8. The highest BCUT2D eigenvalue weighted by Gasteiger charge is 2.20. The number of halogens is 3. The number of aromatic nitrogens is 3. The summed E-state index contributed by atoms with van der Waals surface area (Å²) in [4.78, 5) is 29.5. The van der Waals surface area contributed by atoms with Crippen molar-refractivity contribution in [3.8, 4) is 0 Å². The molecule has 142 valence electrons. The molecular weight excluding hydrogens is 490 g/mol. The minimum Gasteiger partial charge on any atom is -0.396 e. The largest absolute Gasteiger partial charge is 0.396 e. The van der Waals surface area contributed by atoms with Crippen LogP contribution >= 0.6 is 34.2 Å². The van der Waals surface area contributed by atoms with E-state index in [0.717, 1.165) is 0 Å². The predicted molar refractivity (Wildman–Crippen MR) is 110 cm³/mol. The average Bonchev–Trinajstić information content (AvgIpc) is 2.64. The van der Waals surface area contributed by atoms with Crippen molar-refractivity contribution >= 4 is 56.6 Å². The van der Waals surface area contributed by atoms with E-state index in [-0.39, 0.29) is 40.6 Å². The van der Waals surface area contributed by atoms with E-state index in [1.54, 1.807) is 6.07 Å². The highest BCUT2D eigenvalue weighted by Crippen LogP contribution is 2.29. The molecule has 2 N–H and O–H groups in total. The number of aliphatic hydroxyl groups is 1. The fourth-order valence-corrected chi connectivity index (χ4v) is 3.38. The van der Waals surface area contributed by atoms with Crippen LogP contribution in [0.4, 0.5) is 15.8 Å². The van der Waals surface area contributed by atoms with Gasteiger partial charge in [-0.15, -0.1) is 0 Å². The van der Waals surface area contributed by atoms with Gasteiger partial charge in [-0.3, -0.25) is 18.7 Å². The van der Waals surface area contributed by atoms with Gasteiger partial charge in [-0.1, -0.05) is 11.6 Å². The van der Waals surface area contributed by atoms with Crippen molar-refractivity contribution in [1.29, 1.82) is 0 Å². The summed E-state index contributed by atoms with van der Waals surface area (Å²) in [5.74, 6) is -0.545. The number of hydrogen-bond acceptors (Lipinski definition) is 5. The van der Waals surface area contributed by atoms with Gasteiger partial charge in [0.05, 0.1) is 17.7 Å². The van der Waals surface area contributed by atoms with Crippen molar-refractivity contribution in [1.82, 2.24) is 14.1 Å². The number of aryl methyl sites for hydroxylation is 2. The lowest BCUT2D eigenvalue weighted by atomic mass is 10.2. The summed E-state index contributed by atoms with van der Waals surface area (Å²) in [5.41, 5.74) is -0.789. The molecule has 0 bridgehead atoms. The second kappa shape index (κ2) is 7.95. The number of nitrogens with one attached hydrogen (secondary N) is 1. The topological polar surface area (TPSA) is 89.2 Å². The van der Waals surface area contributed by atoms with Gasteiger partial charge in [0.25, 0.3) is 11.1 Å². The summed E-state index contributed by atoms with van der Waals surface area (Å²) in [7, 11) is 1.45. The standard InChI is InChI=1S/C17H15ClFIN4O3/c1-23-15-12(16(26)24(8-21-15)5-2-6-25)14(13(18)17(23)27)22-11-4-3-9(20)7-10(11)19/h3-4,7-8,22,25H,2,5-6H2,1H3. The quantitative estimate of drug-likeness (QED) is 0.522. The molecule has 1 aromatic carbocycles. The molecule has 0 unspecified atom stereocenters. The second-order valence-corrected chi connectivity index (χ2v) is 7.44. The van der Waals surface area contributed by atoms with E-state index >= 15 is 0 Å². The average molecular weight is 505 g/mol. The molecule has 0 saturated carbocycles. The van der Waals surface area contributed by atoms with E-state index < -0.39 is 16.9 Å². The van der Waals surface area contributed by atoms with E-state index in [9.17, 15) is 14.0 Å². The lowest BCUT2D eigenvalue weighted by Gasteiger charge is -2.15. The fourth-order valence-electron chi connectivity index (χ4n) is 2.66. The van der Waals surface area contributed by atoms with Crippen LogP contribution < -0.4 is 16.4 Å². The Balaban J connectivity index is 2.29. The van der Waals surface area contributed by atoms with Crippen molar-refractivity contribution in [3.63, 3.8) is 0 Å². The highest BCUT2D eigenvalue weighted by atomic mass is 127. The van der Waals surface area contributed by atoms with Crippen LogP contribution in [-0.4, -0.2) is 25.8 Å². The van der Waals surface area contributed by atoms with Crippen LogP contribution in [0.2, 0.25) is 5.02 Å². The first kappa shape index (κ1) is 19.8. The number of benzene rings is 1. The van der Waals surface area contributed by atoms with Crippen LogP contribution in [0.5, 0.6) is 0 Å². The zero-order chi connectivity index (χ0) is 19.7. The number of hydrogen-bond donors (Lipinski definition) is 2. The Hall–Kier alpha value is -1.98. The summed E-state index contributed by atoms with van der Waals surface area (Å²) in [6.07, 6.45) is 1.67. The third-order valence-electron chi connectivity index (χ3n) is 4.05. The van der Waals surface area contributed by atoms with Gasteiger partial charge in [0.2, 0.25) is 0 Å². The Labute approximate surface area is 171 Å². The number of nitrogens with zero attached hydrogens (tertiary/aromatic N) is 3. The van der Waals surface area contributed by atoms with E-state index in [4.69, 9.17) is 16.7 Å².